The van der Waals surface area contributed by atoms with Crippen molar-refractivity contribution in [1.82, 2.24) is 20.5 Å². The van der Waals surface area contributed by atoms with Crippen molar-refractivity contribution >= 4 is 63.7 Å². The first-order chi connectivity index (χ1) is 32.0. The van der Waals surface area contributed by atoms with Crippen LogP contribution in [0.1, 0.15) is 95.5 Å². The van der Waals surface area contributed by atoms with Crippen molar-refractivity contribution in [3.8, 4) is 22.3 Å². The maximum absolute atomic E-state index is 13.9. The predicted octanol–water partition coefficient (Wildman–Crippen LogP) is 8.03. The Bertz CT molecular complexity index is 2420. The van der Waals surface area contributed by atoms with Crippen molar-refractivity contribution < 1.29 is 33.4 Å². The molecule has 0 bridgehead atoms. The van der Waals surface area contributed by atoms with Gasteiger partial charge in [0.25, 0.3) is 5.91 Å². The van der Waals surface area contributed by atoms with Crippen molar-refractivity contribution in [1.29, 1.82) is 5.26 Å². The molecule has 0 spiro atoms. The molecule has 0 unspecified atom stereocenters. The second-order valence-corrected chi connectivity index (χ2v) is 19.8. The number of thiocarbonyl (C=S) groups is 1. The fourth-order valence-electron chi connectivity index (χ4n) is 8.24. The van der Waals surface area contributed by atoms with Gasteiger partial charge in [0.1, 0.15) is 30.0 Å². The molecule has 2 aliphatic rings. The number of nitriles is 1. The lowest BCUT2D eigenvalue weighted by molar-refractivity contribution is -0.144. The van der Waals surface area contributed by atoms with Crippen LogP contribution in [0.15, 0.2) is 72.2 Å². The zero-order chi connectivity index (χ0) is 48.3. The molecule has 6 rings (SSSR count). The van der Waals surface area contributed by atoms with Crippen LogP contribution < -0.4 is 25.2 Å². The van der Waals surface area contributed by atoms with E-state index in [0.29, 0.717) is 75.1 Å². The number of amides is 4. The molecule has 14 nitrogen and oxygen atoms in total. The number of aryl methyl sites for hydroxylation is 2. The molecule has 0 aliphatic carbocycles. The summed E-state index contributed by atoms with van der Waals surface area (Å²) in [5, 5.41) is 15.6. The van der Waals surface area contributed by atoms with Crippen molar-refractivity contribution in [2.75, 3.05) is 49.4 Å². The predicted molar refractivity (Wildman–Crippen MR) is 265 cm³/mol. The minimum Gasteiger partial charge on any atom is -0.494 e. The van der Waals surface area contributed by atoms with Gasteiger partial charge < -0.3 is 34.6 Å². The average molecular weight is 950 g/mol. The number of carbonyl (C=O) groups is 4. The summed E-state index contributed by atoms with van der Waals surface area (Å²) >= 11 is 7.41. The standard InChI is InChI=1S/C51H63N7O7S2/c1-34-29-40(19-18-38(34)30-52)57-48(62)51(6,7)58(49(57)66)39-20-22-41(23-21-39)65-28-10-8-9-25-63-26-12-27-64-32-43(59)55-45(50(3,4)5)47(61)56-24-11-13-42(56)46(60)53-31-36-14-16-37(17-15-36)44-35(2)54-33-67-44/h14-23,29,33,42,45H,8-13,24-28,31-32H2,1-7H3,(H,53,60)(H,55,59)/t42-,45+/m0/s1. The molecule has 2 saturated heterocycles. The van der Waals surface area contributed by atoms with Gasteiger partial charge in [0.15, 0.2) is 5.11 Å². The van der Waals surface area contributed by atoms with Gasteiger partial charge in [0.2, 0.25) is 17.7 Å². The summed E-state index contributed by atoms with van der Waals surface area (Å²) in [5.41, 5.74) is 6.11. The number of likely N-dealkylation sites (tertiary alicyclic amines) is 1. The summed E-state index contributed by atoms with van der Waals surface area (Å²) in [6.45, 7) is 15.8. The van der Waals surface area contributed by atoms with Gasteiger partial charge in [-0.1, -0.05) is 45.0 Å². The van der Waals surface area contributed by atoms with Crippen LogP contribution in [-0.2, 0) is 35.2 Å². The molecular weight excluding hydrogens is 887 g/mol. The first-order valence-electron chi connectivity index (χ1n) is 23.0. The molecule has 356 valence electrons. The first kappa shape index (κ1) is 50.7. The Morgan fingerprint density at radius 2 is 1.63 bits per heavy atom. The molecule has 1 aromatic heterocycles. The molecule has 3 heterocycles. The smallest absolute Gasteiger partial charge is 0.259 e. The first-order valence-corrected chi connectivity index (χ1v) is 24.2. The van der Waals surface area contributed by atoms with Gasteiger partial charge in [-0.3, -0.25) is 24.1 Å². The molecule has 2 N–H and O–H groups in total. The highest BCUT2D eigenvalue weighted by atomic mass is 32.1. The van der Waals surface area contributed by atoms with Crippen LogP contribution in [0, 0.1) is 30.6 Å². The Morgan fingerprint density at radius 3 is 2.30 bits per heavy atom. The molecule has 2 aliphatic heterocycles. The number of nitrogens with one attached hydrogen (secondary N) is 2. The van der Waals surface area contributed by atoms with Crippen LogP contribution in [0.5, 0.6) is 5.75 Å². The minimum absolute atomic E-state index is 0.144. The van der Waals surface area contributed by atoms with Crippen molar-refractivity contribution in [3.05, 3.63) is 94.6 Å². The molecular formula is C51H63N7O7S2. The van der Waals surface area contributed by atoms with E-state index in [1.807, 2.05) is 113 Å². The number of benzene rings is 3. The van der Waals surface area contributed by atoms with Crippen molar-refractivity contribution in [3.63, 3.8) is 0 Å². The number of unbranched alkanes of at least 4 members (excludes halogenated alkanes) is 2. The van der Waals surface area contributed by atoms with E-state index in [1.165, 1.54) is 4.90 Å². The number of anilines is 2. The van der Waals surface area contributed by atoms with Gasteiger partial charge in [-0.25, -0.2) is 4.98 Å². The van der Waals surface area contributed by atoms with E-state index in [1.54, 1.807) is 28.4 Å². The number of carbonyl (C=O) groups excluding carboxylic acids is 4. The lowest BCUT2D eigenvalue weighted by Crippen LogP contribution is -2.58. The Kier molecular flexibility index (Phi) is 17.3. The van der Waals surface area contributed by atoms with Crippen LogP contribution in [0.25, 0.3) is 10.4 Å². The van der Waals surface area contributed by atoms with E-state index < -0.39 is 23.0 Å². The molecule has 0 radical (unpaired) electrons. The summed E-state index contributed by atoms with van der Waals surface area (Å²) in [4.78, 5) is 64.3. The van der Waals surface area contributed by atoms with E-state index in [4.69, 9.17) is 26.4 Å². The van der Waals surface area contributed by atoms with E-state index >= 15 is 0 Å². The van der Waals surface area contributed by atoms with E-state index in [-0.39, 0.29) is 30.2 Å². The third-order valence-electron chi connectivity index (χ3n) is 12.0. The molecule has 4 aromatic rings. The van der Waals surface area contributed by atoms with Gasteiger partial charge in [-0.2, -0.15) is 5.26 Å². The molecule has 0 saturated carbocycles. The molecule has 2 fully saturated rings. The second-order valence-electron chi connectivity index (χ2n) is 18.6. The van der Waals surface area contributed by atoms with Gasteiger partial charge in [0.05, 0.1) is 40.0 Å². The number of hydrogen-bond acceptors (Lipinski definition) is 11. The Labute approximate surface area is 404 Å². The van der Waals surface area contributed by atoms with Crippen LogP contribution in [0.3, 0.4) is 0 Å². The van der Waals surface area contributed by atoms with Gasteiger partial charge in [-0.15, -0.1) is 11.3 Å². The van der Waals surface area contributed by atoms with Gasteiger partial charge >= 0.3 is 0 Å². The zero-order valence-electron chi connectivity index (χ0n) is 39.7. The van der Waals surface area contributed by atoms with Crippen LogP contribution in [0.2, 0.25) is 0 Å². The van der Waals surface area contributed by atoms with E-state index in [2.05, 4.69) is 21.7 Å². The van der Waals surface area contributed by atoms with Gasteiger partial charge in [0, 0.05) is 38.6 Å². The number of nitrogens with zero attached hydrogens (tertiary/aromatic N) is 5. The van der Waals surface area contributed by atoms with Gasteiger partial charge in [-0.05, 0) is 143 Å². The van der Waals surface area contributed by atoms with Crippen LogP contribution in [0.4, 0.5) is 11.4 Å². The number of hydrogen-bond donors (Lipinski definition) is 2. The number of aromatic nitrogens is 1. The monoisotopic (exact) mass is 949 g/mol. The maximum atomic E-state index is 13.9. The van der Waals surface area contributed by atoms with Crippen LogP contribution >= 0.6 is 23.6 Å². The normalized spacial score (nSPS) is 16.3. The molecule has 3 aromatic carbocycles. The average Bonchev–Trinajstić information content (AvgIpc) is 4.01. The lowest BCUT2D eigenvalue weighted by Gasteiger charge is -2.35. The second kappa shape index (κ2) is 22.8. The number of rotatable bonds is 21. The molecule has 67 heavy (non-hydrogen) atoms. The third-order valence-corrected chi connectivity index (χ3v) is 13.4. The number of thiazole rings is 1. The molecule has 2 atom stereocenters. The highest BCUT2D eigenvalue weighted by Crippen LogP contribution is 2.37. The number of ether oxygens (including phenoxy) is 3. The van der Waals surface area contributed by atoms with E-state index in [0.717, 1.165) is 58.0 Å². The zero-order valence-corrected chi connectivity index (χ0v) is 41.3. The highest BCUT2D eigenvalue weighted by molar-refractivity contribution is 7.81. The van der Waals surface area contributed by atoms with E-state index in [9.17, 15) is 24.4 Å². The Balaban J connectivity index is 0.831. The summed E-state index contributed by atoms with van der Waals surface area (Å²) in [6, 6.07) is 21.6. The topological polar surface area (TPSA) is 166 Å². The molecule has 16 heteroatoms. The van der Waals surface area contributed by atoms with Crippen LogP contribution in [-0.4, -0.2) is 95.8 Å². The summed E-state index contributed by atoms with van der Waals surface area (Å²) in [6.07, 6.45) is 4.55. The third kappa shape index (κ3) is 12.6. The minimum atomic E-state index is -0.910. The summed E-state index contributed by atoms with van der Waals surface area (Å²) < 4.78 is 17.4. The fraction of sp³-hybridized carbons (Fsp3) is 0.471. The summed E-state index contributed by atoms with van der Waals surface area (Å²) in [5.74, 6) is -0.281. The fourth-order valence-corrected chi connectivity index (χ4v) is 9.58. The quantitative estimate of drug-likeness (QED) is 0.0614. The Hall–Kier alpha value is -5.73. The van der Waals surface area contributed by atoms with Crippen molar-refractivity contribution in [2.45, 2.75) is 111 Å². The molecule has 4 amide bonds. The largest absolute Gasteiger partial charge is 0.494 e. The Morgan fingerprint density at radius 1 is 0.940 bits per heavy atom. The lowest BCUT2D eigenvalue weighted by atomic mass is 9.85. The summed E-state index contributed by atoms with van der Waals surface area (Å²) in [7, 11) is 0. The highest BCUT2D eigenvalue weighted by Gasteiger charge is 2.50. The van der Waals surface area contributed by atoms with Crippen molar-refractivity contribution in [2.24, 2.45) is 5.41 Å². The SMILES string of the molecule is Cc1cc(N2C(=O)C(C)(C)N(c3ccc(OCCCCCOCCCOCC(=O)N[C@H](C(=O)N4CCC[C@H]4C(=O)NCc4ccc(-c5scnc5C)cc4)C(C)(C)C)cc3)C2=S)ccc1C#N. The maximum Gasteiger partial charge on any atom is 0.259 e.